The molecule has 1 aromatic rings. The molecule has 0 aliphatic carbocycles. The predicted octanol–water partition coefficient (Wildman–Crippen LogP) is 2.36. The minimum Gasteiger partial charge on any atom is -0.466 e. The number of likely N-dealkylation sites (tertiary alicyclic amines) is 1. The largest absolute Gasteiger partial charge is 0.466 e. The van der Waals surface area contributed by atoms with Gasteiger partial charge in [0.2, 0.25) is 0 Å². The molecule has 0 bridgehead atoms. The summed E-state index contributed by atoms with van der Waals surface area (Å²) in [6.07, 6.45) is 2.78. The van der Waals surface area contributed by atoms with E-state index in [2.05, 4.69) is 56.2 Å². The fourth-order valence-electron chi connectivity index (χ4n) is 4.48. The minimum atomic E-state index is -0.0485. The van der Waals surface area contributed by atoms with Crippen LogP contribution in [-0.2, 0) is 9.53 Å². The second-order valence-corrected chi connectivity index (χ2v) is 8.51. The van der Waals surface area contributed by atoms with Crippen LogP contribution in [0, 0.1) is 12.8 Å². The number of hydrogen-bond acceptors (Lipinski definition) is 5. The maximum absolute atomic E-state index is 11.9. The molecule has 0 unspecified atom stereocenters. The Morgan fingerprint density at radius 1 is 1.16 bits per heavy atom. The fourth-order valence-corrected chi connectivity index (χ4v) is 4.48. The molecule has 0 amide bonds. The van der Waals surface area contributed by atoms with Crippen LogP contribution in [0.5, 0.6) is 0 Å². The Labute approximate surface area is 187 Å². The van der Waals surface area contributed by atoms with Crippen molar-refractivity contribution in [2.24, 2.45) is 10.9 Å². The van der Waals surface area contributed by atoms with E-state index >= 15 is 0 Å². The number of nitrogens with one attached hydrogen (secondary N) is 1. The van der Waals surface area contributed by atoms with Crippen LogP contribution in [0.25, 0.3) is 0 Å². The predicted molar refractivity (Wildman–Crippen MR) is 127 cm³/mol. The smallest absolute Gasteiger partial charge is 0.309 e. The number of carbonyl (C=O) groups excluding carboxylic acids is 1. The van der Waals surface area contributed by atoms with Gasteiger partial charge in [0.25, 0.3) is 0 Å². The highest BCUT2D eigenvalue weighted by molar-refractivity contribution is 5.80. The van der Waals surface area contributed by atoms with Gasteiger partial charge in [0, 0.05) is 58.5 Å². The number of piperazine rings is 1. The molecule has 0 saturated carbocycles. The van der Waals surface area contributed by atoms with E-state index in [1.165, 1.54) is 11.3 Å². The van der Waals surface area contributed by atoms with Crippen LogP contribution in [-0.4, -0.2) is 87.7 Å². The molecule has 2 fully saturated rings. The number of guanidine groups is 1. The lowest BCUT2D eigenvalue weighted by molar-refractivity contribution is -0.149. The molecule has 7 nitrogen and oxygen atoms in total. The molecule has 172 valence electrons. The minimum absolute atomic E-state index is 0.0350. The standard InChI is InChI=1S/C24H39N5O2/c1-4-31-23(30)21-9-13-29(14-10-21)24(25-3)26-11-6-12-27-15-17-28(18-16-27)22-8-5-7-20(2)19-22/h5,7-8,19,21H,4,6,9-18H2,1-3H3,(H,25,26). The summed E-state index contributed by atoms with van der Waals surface area (Å²) in [5, 5.41) is 3.51. The molecule has 2 heterocycles. The van der Waals surface area contributed by atoms with Gasteiger partial charge in [-0.1, -0.05) is 12.1 Å². The monoisotopic (exact) mass is 429 g/mol. The van der Waals surface area contributed by atoms with E-state index in [4.69, 9.17) is 4.74 Å². The molecule has 3 rings (SSSR count). The number of benzene rings is 1. The van der Waals surface area contributed by atoms with Crippen molar-refractivity contribution in [2.45, 2.75) is 33.1 Å². The van der Waals surface area contributed by atoms with Gasteiger partial charge < -0.3 is 19.9 Å². The van der Waals surface area contributed by atoms with Gasteiger partial charge in [0.15, 0.2) is 5.96 Å². The average molecular weight is 430 g/mol. The van der Waals surface area contributed by atoms with Gasteiger partial charge in [0.1, 0.15) is 0 Å². The number of ether oxygens (including phenoxy) is 1. The summed E-state index contributed by atoms with van der Waals surface area (Å²) in [6, 6.07) is 8.80. The zero-order valence-electron chi connectivity index (χ0n) is 19.5. The van der Waals surface area contributed by atoms with Crippen molar-refractivity contribution in [3.05, 3.63) is 29.8 Å². The Morgan fingerprint density at radius 3 is 2.55 bits per heavy atom. The lowest BCUT2D eigenvalue weighted by Gasteiger charge is -2.36. The molecule has 2 aliphatic rings. The zero-order chi connectivity index (χ0) is 22.1. The average Bonchev–Trinajstić information content (AvgIpc) is 2.80. The number of aryl methyl sites for hydroxylation is 1. The molecule has 2 aliphatic heterocycles. The maximum Gasteiger partial charge on any atom is 0.309 e. The zero-order valence-corrected chi connectivity index (χ0v) is 19.5. The first-order chi connectivity index (χ1) is 15.1. The third-order valence-corrected chi connectivity index (χ3v) is 6.30. The maximum atomic E-state index is 11.9. The highest BCUT2D eigenvalue weighted by atomic mass is 16.5. The normalized spacial score (nSPS) is 18.9. The van der Waals surface area contributed by atoms with Crippen molar-refractivity contribution in [3.63, 3.8) is 0 Å². The van der Waals surface area contributed by atoms with E-state index in [1.54, 1.807) is 0 Å². The van der Waals surface area contributed by atoms with E-state index in [1.807, 2.05) is 14.0 Å². The molecule has 7 heteroatoms. The van der Waals surface area contributed by atoms with Crippen molar-refractivity contribution in [2.75, 3.05) is 70.9 Å². The van der Waals surface area contributed by atoms with Crippen LogP contribution in [0.2, 0.25) is 0 Å². The summed E-state index contributed by atoms with van der Waals surface area (Å²) < 4.78 is 5.17. The summed E-state index contributed by atoms with van der Waals surface area (Å²) in [5.41, 5.74) is 2.67. The molecule has 0 radical (unpaired) electrons. The number of piperidine rings is 1. The third-order valence-electron chi connectivity index (χ3n) is 6.30. The Hall–Kier alpha value is -2.28. The van der Waals surface area contributed by atoms with Crippen molar-refractivity contribution in [3.8, 4) is 0 Å². The van der Waals surface area contributed by atoms with Gasteiger partial charge in [-0.15, -0.1) is 0 Å². The first-order valence-corrected chi connectivity index (χ1v) is 11.8. The van der Waals surface area contributed by atoms with Gasteiger partial charge in [0.05, 0.1) is 12.5 Å². The Kier molecular flexibility index (Phi) is 9.00. The number of carbonyl (C=O) groups is 1. The fraction of sp³-hybridized carbons (Fsp3) is 0.667. The Morgan fingerprint density at radius 2 is 1.90 bits per heavy atom. The van der Waals surface area contributed by atoms with Crippen LogP contribution >= 0.6 is 0 Å². The lowest BCUT2D eigenvalue weighted by atomic mass is 9.97. The third kappa shape index (κ3) is 6.86. The second-order valence-electron chi connectivity index (χ2n) is 8.51. The highest BCUT2D eigenvalue weighted by Crippen LogP contribution is 2.19. The lowest BCUT2D eigenvalue weighted by Crippen LogP contribution is -2.48. The Bertz CT molecular complexity index is 722. The number of esters is 1. The first kappa shape index (κ1) is 23.4. The summed E-state index contributed by atoms with van der Waals surface area (Å²) in [6.45, 7) is 12.6. The van der Waals surface area contributed by atoms with Crippen molar-refractivity contribution < 1.29 is 9.53 Å². The molecule has 0 atom stereocenters. The van der Waals surface area contributed by atoms with Crippen LogP contribution in [0.1, 0.15) is 31.7 Å². The van der Waals surface area contributed by atoms with Gasteiger partial charge in [-0.3, -0.25) is 14.7 Å². The molecule has 31 heavy (non-hydrogen) atoms. The van der Waals surface area contributed by atoms with Gasteiger partial charge >= 0.3 is 5.97 Å². The van der Waals surface area contributed by atoms with E-state index in [9.17, 15) is 4.79 Å². The molecular weight excluding hydrogens is 390 g/mol. The van der Waals surface area contributed by atoms with Crippen molar-refractivity contribution >= 4 is 17.6 Å². The molecule has 0 aromatic heterocycles. The Balaban J connectivity index is 1.32. The summed E-state index contributed by atoms with van der Waals surface area (Å²) in [7, 11) is 1.84. The van der Waals surface area contributed by atoms with Crippen LogP contribution < -0.4 is 10.2 Å². The topological polar surface area (TPSA) is 60.4 Å². The van der Waals surface area contributed by atoms with Gasteiger partial charge in [-0.2, -0.15) is 0 Å². The second kappa shape index (κ2) is 11.9. The first-order valence-electron chi connectivity index (χ1n) is 11.8. The van der Waals surface area contributed by atoms with Gasteiger partial charge in [-0.05, 0) is 57.4 Å². The molecular formula is C24H39N5O2. The molecule has 2 saturated heterocycles. The van der Waals surface area contributed by atoms with Crippen LogP contribution in [0.4, 0.5) is 5.69 Å². The summed E-state index contributed by atoms with van der Waals surface area (Å²) >= 11 is 0. The number of rotatable bonds is 7. The summed E-state index contributed by atoms with van der Waals surface area (Å²) in [5.74, 6) is 0.937. The van der Waals surface area contributed by atoms with Crippen LogP contribution in [0.15, 0.2) is 29.3 Å². The quantitative estimate of drug-likeness (QED) is 0.311. The van der Waals surface area contributed by atoms with E-state index in [-0.39, 0.29) is 11.9 Å². The SMILES string of the molecule is CCOC(=O)C1CCN(C(=NC)NCCCN2CCN(c3cccc(C)c3)CC2)CC1. The highest BCUT2D eigenvalue weighted by Gasteiger charge is 2.27. The van der Waals surface area contributed by atoms with E-state index in [0.717, 1.165) is 77.6 Å². The number of hydrogen-bond donors (Lipinski definition) is 1. The number of anilines is 1. The summed E-state index contributed by atoms with van der Waals surface area (Å²) in [4.78, 5) is 23.7. The molecule has 1 N–H and O–H groups in total. The van der Waals surface area contributed by atoms with E-state index in [0.29, 0.717) is 6.61 Å². The number of aliphatic imine (C=N–C) groups is 1. The molecule has 1 aromatic carbocycles. The van der Waals surface area contributed by atoms with Crippen molar-refractivity contribution in [1.29, 1.82) is 0 Å². The van der Waals surface area contributed by atoms with Gasteiger partial charge in [-0.25, -0.2) is 0 Å². The number of nitrogens with zero attached hydrogens (tertiary/aromatic N) is 4. The van der Waals surface area contributed by atoms with Crippen LogP contribution in [0.3, 0.4) is 0 Å². The van der Waals surface area contributed by atoms with E-state index < -0.39 is 0 Å². The van der Waals surface area contributed by atoms with Crippen molar-refractivity contribution in [1.82, 2.24) is 15.1 Å². The molecule has 0 spiro atoms.